The molecule has 1 unspecified atom stereocenters. The van der Waals surface area contributed by atoms with Crippen molar-refractivity contribution >= 4 is 0 Å². The van der Waals surface area contributed by atoms with Gasteiger partial charge in [0.25, 0.3) is 0 Å². The maximum absolute atomic E-state index is 4.19. The molecule has 2 aliphatic carbocycles. The summed E-state index contributed by atoms with van der Waals surface area (Å²) < 4.78 is 0. The zero-order valence-corrected chi connectivity index (χ0v) is 10.6. The van der Waals surface area contributed by atoms with Gasteiger partial charge in [-0.25, -0.2) is 0 Å². The zero-order chi connectivity index (χ0) is 12.3. The summed E-state index contributed by atoms with van der Waals surface area (Å²) in [5.41, 5.74) is 7.23. The van der Waals surface area contributed by atoms with Crippen molar-refractivity contribution in [2.45, 2.75) is 18.8 Å². The van der Waals surface area contributed by atoms with E-state index in [-0.39, 0.29) is 0 Å². The molecule has 0 aromatic heterocycles. The second-order valence-corrected chi connectivity index (χ2v) is 5.60. The van der Waals surface area contributed by atoms with Gasteiger partial charge in [0.05, 0.1) is 0 Å². The first-order valence-corrected chi connectivity index (χ1v) is 6.62. The molecule has 1 saturated carbocycles. The lowest BCUT2D eigenvalue weighted by Gasteiger charge is -2.18. The largest absolute Gasteiger partial charge is 0.0998 e. The zero-order valence-electron chi connectivity index (χ0n) is 10.6. The third kappa shape index (κ3) is 1.16. The molecule has 0 aliphatic heterocycles. The number of fused-ring (bicyclic) bond motifs is 6. The van der Waals surface area contributed by atoms with Crippen LogP contribution in [0.25, 0.3) is 11.1 Å². The first-order valence-electron chi connectivity index (χ1n) is 6.62. The van der Waals surface area contributed by atoms with Gasteiger partial charge in [0.1, 0.15) is 0 Å². The monoisotopic (exact) mass is 232 g/mol. The average Bonchev–Trinajstić information content (AvgIpc) is 3.15. The molecule has 0 amide bonds. The highest BCUT2D eigenvalue weighted by Crippen LogP contribution is 2.68. The summed E-state index contributed by atoms with van der Waals surface area (Å²) in [7, 11) is 0. The molecule has 0 N–H and O–H groups in total. The van der Waals surface area contributed by atoms with E-state index < -0.39 is 0 Å². The molecule has 3 atom stereocenters. The molecule has 0 saturated heterocycles. The third-order valence-electron chi connectivity index (χ3n) is 4.52. The quantitative estimate of drug-likeness (QED) is 0.623. The molecule has 0 heteroatoms. The molecule has 2 aromatic carbocycles. The predicted octanol–water partition coefficient (Wildman–Crippen LogP) is 4.74. The van der Waals surface area contributed by atoms with Gasteiger partial charge in [-0.2, -0.15) is 0 Å². The van der Waals surface area contributed by atoms with Crippen molar-refractivity contribution in [3.05, 3.63) is 71.8 Å². The summed E-state index contributed by atoms with van der Waals surface area (Å²) in [5.74, 6) is 2.00. The highest BCUT2D eigenvalue weighted by atomic mass is 14.6. The molecule has 0 nitrogen and oxygen atoms in total. The molecular weight excluding hydrogens is 216 g/mol. The van der Waals surface area contributed by atoms with E-state index in [0.717, 1.165) is 0 Å². The minimum absolute atomic E-state index is 0.648. The Hall–Kier alpha value is -1.82. The standard InChI is InChI=1S/C18H16/c1-11(2)16-17-14-9-5-3-7-12(14)13-8-4-6-10-15(13)18(16)17/h3-10,16-18H,1H2,2H3/t16?,17-,18+. The van der Waals surface area contributed by atoms with Crippen molar-refractivity contribution in [1.82, 2.24) is 0 Å². The van der Waals surface area contributed by atoms with Crippen molar-refractivity contribution in [2.24, 2.45) is 5.92 Å². The Balaban J connectivity index is 2.00. The Morgan fingerprint density at radius 1 is 0.833 bits per heavy atom. The Labute approximate surface area is 108 Å². The Kier molecular flexibility index (Phi) is 1.89. The van der Waals surface area contributed by atoms with Crippen LogP contribution in [0.2, 0.25) is 0 Å². The number of rotatable bonds is 1. The van der Waals surface area contributed by atoms with E-state index in [1.54, 1.807) is 0 Å². The van der Waals surface area contributed by atoms with E-state index >= 15 is 0 Å². The Morgan fingerprint density at radius 2 is 1.28 bits per heavy atom. The van der Waals surface area contributed by atoms with Gasteiger partial charge in [0.15, 0.2) is 0 Å². The SMILES string of the molecule is C=C(C)C1[C@H]2c3ccccc3-c3ccccc3[C@@H]12. The predicted molar refractivity (Wildman–Crippen MR) is 75.7 cm³/mol. The third-order valence-corrected chi connectivity index (χ3v) is 4.52. The summed E-state index contributed by atoms with van der Waals surface area (Å²) in [6, 6.07) is 17.7. The Bertz CT molecular complexity index is 599. The first kappa shape index (κ1) is 10.1. The topological polar surface area (TPSA) is 0 Å². The molecular formula is C18H16. The summed E-state index contributed by atoms with van der Waals surface area (Å²) in [4.78, 5) is 0. The van der Waals surface area contributed by atoms with Crippen molar-refractivity contribution in [1.29, 1.82) is 0 Å². The van der Waals surface area contributed by atoms with Gasteiger partial charge < -0.3 is 0 Å². The number of allylic oxidation sites excluding steroid dienone is 1. The number of benzene rings is 2. The fraction of sp³-hybridized carbons (Fsp3) is 0.222. The molecule has 88 valence electrons. The van der Waals surface area contributed by atoms with Gasteiger partial charge in [0.2, 0.25) is 0 Å². The van der Waals surface area contributed by atoms with Gasteiger partial charge >= 0.3 is 0 Å². The van der Waals surface area contributed by atoms with Crippen LogP contribution in [-0.2, 0) is 0 Å². The highest BCUT2D eigenvalue weighted by molar-refractivity contribution is 5.78. The lowest BCUT2D eigenvalue weighted by molar-refractivity contribution is 0.936. The molecule has 0 bridgehead atoms. The van der Waals surface area contributed by atoms with Crippen molar-refractivity contribution in [2.75, 3.05) is 0 Å². The molecule has 0 spiro atoms. The highest BCUT2D eigenvalue weighted by Gasteiger charge is 2.55. The van der Waals surface area contributed by atoms with E-state index in [9.17, 15) is 0 Å². The second-order valence-electron chi connectivity index (χ2n) is 5.60. The van der Waals surface area contributed by atoms with Crippen LogP contribution in [0.1, 0.15) is 29.9 Å². The van der Waals surface area contributed by atoms with E-state index in [1.165, 1.54) is 27.8 Å². The van der Waals surface area contributed by atoms with Crippen LogP contribution in [0.5, 0.6) is 0 Å². The van der Waals surface area contributed by atoms with Crippen LogP contribution in [0.4, 0.5) is 0 Å². The minimum atomic E-state index is 0.648. The minimum Gasteiger partial charge on any atom is -0.0998 e. The van der Waals surface area contributed by atoms with Gasteiger partial charge in [-0.3, -0.25) is 0 Å². The van der Waals surface area contributed by atoms with E-state index in [2.05, 4.69) is 62.0 Å². The fourth-order valence-corrected chi connectivity index (χ4v) is 3.76. The summed E-state index contributed by atoms with van der Waals surface area (Å²) in [5, 5.41) is 0. The first-order chi connectivity index (χ1) is 8.79. The van der Waals surface area contributed by atoms with Crippen LogP contribution in [-0.4, -0.2) is 0 Å². The van der Waals surface area contributed by atoms with E-state index in [0.29, 0.717) is 17.8 Å². The molecule has 1 fully saturated rings. The molecule has 0 radical (unpaired) electrons. The number of hydrogen-bond acceptors (Lipinski definition) is 0. The summed E-state index contributed by atoms with van der Waals surface area (Å²) >= 11 is 0. The normalized spacial score (nSPS) is 26.8. The smallest absolute Gasteiger partial charge is 0.000926 e. The van der Waals surface area contributed by atoms with Gasteiger partial charge in [-0.15, -0.1) is 0 Å². The fourth-order valence-electron chi connectivity index (χ4n) is 3.76. The van der Waals surface area contributed by atoms with Crippen LogP contribution in [0.15, 0.2) is 60.7 Å². The van der Waals surface area contributed by atoms with Gasteiger partial charge in [0, 0.05) is 0 Å². The van der Waals surface area contributed by atoms with Gasteiger partial charge in [-0.1, -0.05) is 60.7 Å². The van der Waals surface area contributed by atoms with Crippen molar-refractivity contribution in [3.63, 3.8) is 0 Å². The van der Waals surface area contributed by atoms with E-state index in [1.807, 2.05) is 0 Å². The average molecular weight is 232 g/mol. The molecule has 18 heavy (non-hydrogen) atoms. The molecule has 2 aromatic rings. The van der Waals surface area contributed by atoms with Crippen LogP contribution in [0.3, 0.4) is 0 Å². The molecule has 4 rings (SSSR count). The maximum Gasteiger partial charge on any atom is -0.000926 e. The lowest BCUT2D eigenvalue weighted by Crippen LogP contribution is -1.98. The van der Waals surface area contributed by atoms with Crippen LogP contribution < -0.4 is 0 Å². The van der Waals surface area contributed by atoms with Crippen molar-refractivity contribution < 1.29 is 0 Å². The maximum atomic E-state index is 4.19. The number of hydrogen-bond donors (Lipinski definition) is 0. The summed E-state index contributed by atoms with van der Waals surface area (Å²) in [6.45, 7) is 6.36. The Morgan fingerprint density at radius 3 is 1.72 bits per heavy atom. The molecule has 2 aliphatic rings. The van der Waals surface area contributed by atoms with E-state index in [4.69, 9.17) is 0 Å². The second kappa shape index (κ2) is 3.35. The lowest BCUT2D eigenvalue weighted by atomic mass is 9.86. The van der Waals surface area contributed by atoms with Crippen LogP contribution in [0, 0.1) is 5.92 Å². The van der Waals surface area contributed by atoms with Crippen molar-refractivity contribution in [3.8, 4) is 11.1 Å². The van der Waals surface area contributed by atoms with Crippen LogP contribution >= 0.6 is 0 Å². The van der Waals surface area contributed by atoms with Gasteiger partial charge in [-0.05, 0) is 46.9 Å². The summed E-state index contributed by atoms with van der Waals surface area (Å²) in [6.07, 6.45) is 0. The molecule has 0 heterocycles.